The van der Waals surface area contributed by atoms with Crippen LogP contribution in [0.15, 0.2) is 52.9 Å². The molecular weight excluding hydrogens is 470 g/mol. The molecule has 0 bridgehead atoms. The molecule has 5 rings (SSSR count). The fourth-order valence-corrected chi connectivity index (χ4v) is 6.98. The van der Waals surface area contributed by atoms with E-state index in [9.17, 15) is 13.2 Å². The molecule has 2 heterocycles. The molecule has 2 aromatic carbocycles. The van der Waals surface area contributed by atoms with Crippen LogP contribution in [0.25, 0.3) is 10.2 Å². The van der Waals surface area contributed by atoms with Crippen molar-refractivity contribution in [1.29, 1.82) is 0 Å². The number of anilines is 1. The largest absolute Gasteiger partial charge is 0.378 e. The number of carbonyl (C=O) groups is 1. The molecule has 1 aliphatic carbocycles. The maximum absolute atomic E-state index is 13.1. The lowest BCUT2D eigenvalue weighted by molar-refractivity contribution is -0.0739. The number of benzene rings is 2. The number of amides is 1. The van der Waals surface area contributed by atoms with E-state index >= 15 is 0 Å². The first-order valence-electron chi connectivity index (χ1n) is 11.7. The van der Waals surface area contributed by atoms with Crippen LogP contribution in [0.4, 0.5) is 5.69 Å². The topological polar surface area (TPSA) is 88.6 Å². The number of hydrogen-bond donors (Lipinski definition) is 1. The summed E-state index contributed by atoms with van der Waals surface area (Å²) < 4.78 is 35.2. The summed E-state index contributed by atoms with van der Waals surface area (Å²) in [7, 11) is -2.01. The molecule has 1 aromatic heterocycles. The molecule has 1 amide bonds. The van der Waals surface area contributed by atoms with Gasteiger partial charge < -0.3 is 9.64 Å². The number of piperidine rings is 1. The third-order valence-electron chi connectivity index (χ3n) is 7.28. The normalized spacial score (nSPS) is 18.6. The number of aromatic nitrogens is 1. The van der Waals surface area contributed by atoms with Crippen molar-refractivity contribution in [2.24, 2.45) is 5.92 Å². The van der Waals surface area contributed by atoms with Crippen LogP contribution in [-0.4, -0.2) is 50.0 Å². The van der Waals surface area contributed by atoms with E-state index in [4.69, 9.17) is 4.74 Å². The van der Waals surface area contributed by atoms with Gasteiger partial charge in [0.25, 0.3) is 15.9 Å². The summed E-state index contributed by atoms with van der Waals surface area (Å²) in [6.07, 6.45) is 6.71. The molecule has 1 N–H and O–H groups in total. The second-order valence-corrected chi connectivity index (χ2v) is 11.9. The number of thiazole rings is 1. The number of rotatable bonds is 7. The highest BCUT2D eigenvalue weighted by atomic mass is 32.2. The molecule has 2 fully saturated rings. The Balaban J connectivity index is 1.23. The van der Waals surface area contributed by atoms with Crippen LogP contribution in [0.5, 0.6) is 0 Å². The zero-order valence-electron chi connectivity index (χ0n) is 19.2. The van der Waals surface area contributed by atoms with Crippen molar-refractivity contribution in [1.82, 2.24) is 9.88 Å². The third-order valence-corrected chi connectivity index (χ3v) is 9.48. The minimum absolute atomic E-state index is 0.0324. The Bertz CT molecular complexity index is 1270. The van der Waals surface area contributed by atoms with Crippen molar-refractivity contribution in [2.75, 3.05) is 24.9 Å². The fourth-order valence-electron chi connectivity index (χ4n) is 4.98. The van der Waals surface area contributed by atoms with E-state index in [0.717, 1.165) is 29.9 Å². The number of fused-ring (bicyclic) bond motifs is 1. The van der Waals surface area contributed by atoms with Crippen LogP contribution in [0, 0.1) is 5.92 Å². The van der Waals surface area contributed by atoms with Gasteiger partial charge in [0.2, 0.25) is 0 Å². The Morgan fingerprint density at radius 3 is 2.56 bits per heavy atom. The highest BCUT2D eigenvalue weighted by molar-refractivity contribution is 7.93. The number of ether oxygens (including phenoxy) is 1. The quantitative estimate of drug-likeness (QED) is 0.499. The van der Waals surface area contributed by atoms with E-state index in [0.29, 0.717) is 29.9 Å². The molecule has 3 aromatic rings. The van der Waals surface area contributed by atoms with E-state index in [2.05, 4.69) is 9.71 Å². The number of carbonyl (C=O) groups excluding carboxylic acids is 1. The second kappa shape index (κ2) is 9.28. The molecular formula is C25H29N3O4S2. The molecule has 0 atom stereocenters. The van der Waals surface area contributed by atoms with Crippen molar-refractivity contribution in [3.8, 4) is 0 Å². The maximum Gasteiger partial charge on any atom is 0.264 e. The van der Waals surface area contributed by atoms with Crippen LogP contribution in [0.2, 0.25) is 0 Å². The van der Waals surface area contributed by atoms with Gasteiger partial charge in [-0.25, -0.2) is 13.4 Å². The van der Waals surface area contributed by atoms with Gasteiger partial charge in [-0.3, -0.25) is 9.52 Å². The number of sulfonamides is 1. The molecule has 1 saturated heterocycles. The summed E-state index contributed by atoms with van der Waals surface area (Å²) in [6, 6.07) is 11.7. The molecule has 1 aliphatic heterocycles. The predicted molar refractivity (Wildman–Crippen MR) is 134 cm³/mol. The molecule has 180 valence electrons. The van der Waals surface area contributed by atoms with Crippen LogP contribution in [-0.2, 0) is 14.8 Å². The van der Waals surface area contributed by atoms with E-state index in [-0.39, 0.29) is 16.4 Å². The first kappa shape index (κ1) is 23.3. The smallest absolute Gasteiger partial charge is 0.264 e. The highest BCUT2D eigenvalue weighted by Gasteiger charge is 2.39. The molecule has 7 nitrogen and oxygen atoms in total. The SMILES string of the molecule is COC1(CC2CCC2)CCN(C(=O)c2ccc(NS(=O)(=O)c3cccc4scnc34)cc2)CC1. The third kappa shape index (κ3) is 4.56. The van der Waals surface area contributed by atoms with Gasteiger partial charge in [0.15, 0.2) is 0 Å². The lowest BCUT2D eigenvalue weighted by atomic mass is 9.74. The highest BCUT2D eigenvalue weighted by Crippen LogP contribution is 2.40. The lowest BCUT2D eigenvalue weighted by Gasteiger charge is -2.44. The van der Waals surface area contributed by atoms with Crippen molar-refractivity contribution >= 4 is 43.2 Å². The standard InChI is InChI=1S/C25H29N3O4S2/c1-32-25(16-18-4-2-5-18)12-14-28(15-13-25)24(29)19-8-10-20(11-9-19)27-34(30,31)22-7-3-6-21-23(22)26-17-33-21/h3,6-11,17-18,27H,2,4-5,12-16H2,1H3. The molecule has 1 saturated carbocycles. The van der Waals surface area contributed by atoms with Crippen molar-refractivity contribution in [3.05, 3.63) is 53.5 Å². The number of methoxy groups -OCH3 is 1. The Labute approximate surface area is 204 Å². The van der Waals surface area contributed by atoms with Gasteiger partial charge in [-0.1, -0.05) is 25.3 Å². The van der Waals surface area contributed by atoms with Crippen molar-refractivity contribution < 1.29 is 17.9 Å². The summed E-state index contributed by atoms with van der Waals surface area (Å²) in [6.45, 7) is 1.34. The predicted octanol–water partition coefficient (Wildman–Crippen LogP) is 4.91. The van der Waals surface area contributed by atoms with Crippen LogP contribution in [0.1, 0.15) is 48.9 Å². The second-order valence-electron chi connectivity index (χ2n) is 9.32. The summed E-state index contributed by atoms with van der Waals surface area (Å²) in [5.74, 6) is 0.732. The number of para-hydroxylation sites is 1. The van der Waals surface area contributed by atoms with Gasteiger partial charge in [0.1, 0.15) is 10.4 Å². The molecule has 0 spiro atoms. The van der Waals surface area contributed by atoms with Gasteiger partial charge in [0.05, 0.1) is 15.8 Å². The fraction of sp³-hybridized carbons (Fsp3) is 0.440. The first-order valence-corrected chi connectivity index (χ1v) is 14.0. The van der Waals surface area contributed by atoms with Crippen LogP contribution < -0.4 is 4.72 Å². The Kier molecular flexibility index (Phi) is 6.35. The van der Waals surface area contributed by atoms with E-state index in [1.807, 2.05) is 11.0 Å². The first-order chi connectivity index (χ1) is 16.4. The molecule has 0 radical (unpaired) electrons. The molecule has 2 aliphatic rings. The van der Waals surface area contributed by atoms with E-state index in [1.165, 1.54) is 30.6 Å². The minimum atomic E-state index is -3.80. The summed E-state index contributed by atoms with van der Waals surface area (Å²) in [4.78, 5) is 19.3. The van der Waals surface area contributed by atoms with E-state index < -0.39 is 10.0 Å². The van der Waals surface area contributed by atoms with Crippen molar-refractivity contribution in [2.45, 2.75) is 49.0 Å². The molecule has 34 heavy (non-hydrogen) atoms. The average Bonchev–Trinajstić information content (AvgIpc) is 3.31. The monoisotopic (exact) mass is 499 g/mol. The molecule has 9 heteroatoms. The van der Waals surface area contributed by atoms with Gasteiger partial charge in [-0.05, 0) is 61.6 Å². The number of likely N-dealkylation sites (tertiary alicyclic amines) is 1. The number of nitrogens with zero attached hydrogens (tertiary/aromatic N) is 2. The van der Waals surface area contributed by atoms with Gasteiger partial charge >= 0.3 is 0 Å². The van der Waals surface area contributed by atoms with Gasteiger partial charge in [-0.2, -0.15) is 0 Å². The zero-order chi connectivity index (χ0) is 23.8. The van der Waals surface area contributed by atoms with Crippen LogP contribution >= 0.6 is 11.3 Å². The average molecular weight is 500 g/mol. The zero-order valence-corrected chi connectivity index (χ0v) is 20.8. The summed E-state index contributed by atoms with van der Waals surface area (Å²) >= 11 is 1.40. The number of nitrogens with one attached hydrogen (secondary N) is 1. The lowest BCUT2D eigenvalue weighted by Crippen LogP contribution is -2.49. The maximum atomic E-state index is 13.1. The van der Waals surface area contributed by atoms with Crippen molar-refractivity contribution in [3.63, 3.8) is 0 Å². The summed E-state index contributed by atoms with van der Waals surface area (Å²) in [5.41, 5.74) is 2.94. The Hall–Kier alpha value is -2.49. The van der Waals surface area contributed by atoms with E-state index in [1.54, 1.807) is 49.0 Å². The molecule has 0 unspecified atom stereocenters. The number of hydrogen-bond acceptors (Lipinski definition) is 6. The Morgan fingerprint density at radius 1 is 1.18 bits per heavy atom. The van der Waals surface area contributed by atoms with Gasteiger partial charge in [0, 0.05) is 31.5 Å². The Morgan fingerprint density at radius 2 is 1.91 bits per heavy atom. The van der Waals surface area contributed by atoms with Gasteiger partial charge in [-0.15, -0.1) is 11.3 Å². The minimum Gasteiger partial charge on any atom is -0.378 e. The van der Waals surface area contributed by atoms with Crippen LogP contribution in [0.3, 0.4) is 0 Å². The summed E-state index contributed by atoms with van der Waals surface area (Å²) in [5, 5.41) is 0.